The van der Waals surface area contributed by atoms with Crippen molar-refractivity contribution in [1.29, 1.82) is 0 Å². The molecule has 0 aromatic rings. The van der Waals surface area contributed by atoms with Gasteiger partial charge in [0, 0.05) is 20.0 Å². The van der Waals surface area contributed by atoms with Crippen LogP contribution in [0.15, 0.2) is 0 Å². The Morgan fingerprint density at radius 2 is 1.58 bits per heavy atom. The van der Waals surface area contributed by atoms with Crippen molar-refractivity contribution in [2.24, 2.45) is 0 Å². The summed E-state index contributed by atoms with van der Waals surface area (Å²) in [5.41, 5.74) is -1.35. The first-order valence-electron chi connectivity index (χ1n) is 8.39. The smallest absolute Gasteiger partial charge is 0.430 e. The van der Waals surface area contributed by atoms with Crippen LogP contribution in [0.3, 0.4) is 0 Å². The van der Waals surface area contributed by atoms with Crippen LogP contribution >= 0.6 is 0 Å². The van der Waals surface area contributed by atoms with E-state index in [1.807, 2.05) is 0 Å². The zero-order valence-electron chi connectivity index (χ0n) is 16.8. The van der Waals surface area contributed by atoms with E-state index in [4.69, 9.17) is 9.47 Å². The number of ether oxygens (including phenoxy) is 2. The van der Waals surface area contributed by atoms with E-state index in [-0.39, 0.29) is 13.0 Å². The first kappa shape index (κ1) is 21.7. The topological polar surface area (TPSA) is 105 Å². The Morgan fingerprint density at radius 3 is 1.92 bits per heavy atom. The number of hydrogen-bond acceptors (Lipinski definition) is 6. The van der Waals surface area contributed by atoms with E-state index >= 15 is 0 Å². The van der Waals surface area contributed by atoms with Gasteiger partial charge in [-0.15, -0.1) is 0 Å². The minimum absolute atomic E-state index is 0.0344. The fourth-order valence-corrected chi connectivity index (χ4v) is 2.54. The molecule has 9 heteroatoms. The van der Waals surface area contributed by atoms with E-state index in [2.05, 4.69) is 5.43 Å². The SMILES string of the molecule is CC(=O)C1(N(NC(=O)OC(C)(C)C)C(=O)OC(C)(C)C)CCN(C)C1=O. The molecule has 1 atom stereocenters. The standard InChI is InChI=1S/C17H29N3O6/c1-11(21)17(9-10-19(8)12(17)22)20(14(24)26-16(5,6)7)18-13(23)25-15(2,3)4/h9-10H2,1-8H3,(H,18,23). The number of ketones is 1. The van der Waals surface area contributed by atoms with E-state index < -0.39 is 40.6 Å². The second-order valence-corrected chi connectivity index (χ2v) is 8.32. The van der Waals surface area contributed by atoms with Gasteiger partial charge in [0.05, 0.1) is 0 Å². The first-order chi connectivity index (χ1) is 11.6. The highest BCUT2D eigenvalue weighted by molar-refractivity contribution is 6.13. The van der Waals surface area contributed by atoms with Gasteiger partial charge < -0.3 is 14.4 Å². The van der Waals surface area contributed by atoms with Gasteiger partial charge in [-0.1, -0.05) is 0 Å². The van der Waals surface area contributed by atoms with Gasteiger partial charge in [-0.25, -0.2) is 15.0 Å². The molecule has 1 N–H and O–H groups in total. The summed E-state index contributed by atoms with van der Waals surface area (Å²) in [5, 5.41) is 0.667. The third kappa shape index (κ3) is 4.86. The Kier molecular flexibility index (Phi) is 5.95. The van der Waals surface area contributed by atoms with Crippen LogP contribution in [0.5, 0.6) is 0 Å². The summed E-state index contributed by atoms with van der Waals surface area (Å²) in [6.07, 6.45) is -1.94. The van der Waals surface area contributed by atoms with Gasteiger partial charge in [0.2, 0.25) is 5.54 Å². The Bertz CT molecular complexity index is 605. The second-order valence-electron chi connectivity index (χ2n) is 8.32. The van der Waals surface area contributed by atoms with Crippen molar-refractivity contribution >= 4 is 23.9 Å². The maximum absolute atomic E-state index is 12.7. The van der Waals surface area contributed by atoms with E-state index in [9.17, 15) is 19.2 Å². The lowest BCUT2D eigenvalue weighted by molar-refractivity contribution is -0.147. The molecule has 0 aliphatic carbocycles. The normalized spacial score (nSPS) is 20.6. The third-order valence-corrected chi connectivity index (χ3v) is 3.65. The molecular weight excluding hydrogens is 342 g/mol. The van der Waals surface area contributed by atoms with Gasteiger partial charge in [0.1, 0.15) is 11.2 Å². The Morgan fingerprint density at radius 1 is 1.08 bits per heavy atom. The summed E-state index contributed by atoms with van der Waals surface area (Å²) in [6.45, 7) is 11.3. The molecule has 0 aromatic heterocycles. The van der Waals surface area contributed by atoms with Crippen molar-refractivity contribution in [1.82, 2.24) is 15.3 Å². The number of likely N-dealkylation sites (N-methyl/N-ethyl adjacent to an activating group) is 1. The van der Waals surface area contributed by atoms with Crippen LogP contribution in [-0.2, 0) is 19.1 Å². The van der Waals surface area contributed by atoms with Crippen molar-refractivity contribution in [3.05, 3.63) is 0 Å². The average Bonchev–Trinajstić information content (AvgIpc) is 2.70. The van der Waals surface area contributed by atoms with Crippen molar-refractivity contribution in [2.75, 3.05) is 13.6 Å². The molecule has 0 radical (unpaired) electrons. The molecule has 1 heterocycles. The summed E-state index contributed by atoms with van der Waals surface area (Å²) in [5.74, 6) is -1.17. The molecule has 1 fully saturated rings. The van der Waals surface area contributed by atoms with Crippen molar-refractivity contribution in [2.45, 2.75) is 71.6 Å². The van der Waals surface area contributed by atoms with Gasteiger partial charge in [0.15, 0.2) is 5.78 Å². The molecule has 148 valence electrons. The fraction of sp³-hybridized carbons (Fsp3) is 0.765. The Balaban J connectivity index is 3.30. The third-order valence-electron chi connectivity index (χ3n) is 3.65. The number of carbonyl (C=O) groups is 4. The molecular formula is C17H29N3O6. The van der Waals surface area contributed by atoms with Crippen LogP contribution in [0, 0.1) is 0 Å². The van der Waals surface area contributed by atoms with E-state index in [0.29, 0.717) is 5.01 Å². The monoisotopic (exact) mass is 371 g/mol. The van der Waals surface area contributed by atoms with Crippen LogP contribution in [0.25, 0.3) is 0 Å². The quantitative estimate of drug-likeness (QED) is 0.587. The van der Waals surface area contributed by atoms with Gasteiger partial charge in [-0.05, 0) is 48.5 Å². The first-order valence-corrected chi connectivity index (χ1v) is 8.39. The maximum atomic E-state index is 12.7. The highest BCUT2D eigenvalue weighted by atomic mass is 16.6. The maximum Gasteiger partial charge on any atom is 0.430 e. The van der Waals surface area contributed by atoms with Crippen LogP contribution in [0.1, 0.15) is 54.9 Å². The molecule has 1 unspecified atom stereocenters. The number of carbonyl (C=O) groups excluding carboxylic acids is 4. The predicted molar refractivity (Wildman–Crippen MR) is 93.1 cm³/mol. The summed E-state index contributed by atoms with van der Waals surface area (Å²) in [7, 11) is 1.52. The van der Waals surface area contributed by atoms with Crippen molar-refractivity contribution in [3.63, 3.8) is 0 Å². The number of hydrazine groups is 1. The molecule has 1 aliphatic rings. The molecule has 9 nitrogen and oxygen atoms in total. The number of hydrogen-bond donors (Lipinski definition) is 1. The number of likely N-dealkylation sites (tertiary alicyclic amines) is 1. The zero-order valence-corrected chi connectivity index (χ0v) is 16.8. The lowest BCUT2D eigenvalue weighted by Gasteiger charge is -2.38. The molecule has 0 saturated carbocycles. The number of nitrogens with zero attached hydrogens (tertiary/aromatic N) is 2. The van der Waals surface area contributed by atoms with Gasteiger partial charge >= 0.3 is 12.2 Å². The largest absolute Gasteiger partial charge is 0.443 e. The van der Waals surface area contributed by atoms with Gasteiger partial charge in [-0.2, -0.15) is 5.01 Å². The van der Waals surface area contributed by atoms with Gasteiger partial charge in [0.25, 0.3) is 5.91 Å². The van der Waals surface area contributed by atoms with Crippen LogP contribution < -0.4 is 5.43 Å². The molecule has 0 spiro atoms. The lowest BCUT2D eigenvalue weighted by Crippen LogP contribution is -2.67. The highest BCUT2D eigenvalue weighted by Gasteiger charge is 2.58. The summed E-state index contributed by atoms with van der Waals surface area (Å²) < 4.78 is 10.5. The molecule has 3 amide bonds. The van der Waals surface area contributed by atoms with Crippen LogP contribution in [0.2, 0.25) is 0 Å². The number of amides is 3. The number of Topliss-reactive ketones (excluding diaryl/α,β-unsaturated/α-hetero) is 1. The summed E-state index contributed by atoms with van der Waals surface area (Å²) >= 11 is 0. The highest BCUT2D eigenvalue weighted by Crippen LogP contribution is 2.30. The molecule has 0 bridgehead atoms. The molecule has 0 aromatic carbocycles. The molecule has 1 rings (SSSR count). The lowest BCUT2D eigenvalue weighted by atomic mass is 9.92. The summed E-state index contributed by atoms with van der Waals surface area (Å²) in [6, 6.07) is 0. The Hall–Kier alpha value is -2.32. The summed E-state index contributed by atoms with van der Waals surface area (Å²) in [4.78, 5) is 51.4. The fourth-order valence-electron chi connectivity index (χ4n) is 2.54. The molecule has 1 aliphatic heterocycles. The molecule has 26 heavy (non-hydrogen) atoms. The predicted octanol–water partition coefficient (Wildman–Crippen LogP) is 1.85. The zero-order chi connectivity index (χ0) is 20.5. The second kappa shape index (κ2) is 7.13. The number of rotatable bonds is 2. The van der Waals surface area contributed by atoms with Crippen LogP contribution in [0.4, 0.5) is 9.59 Å². The average molecular weight is 371 g/mol. The van der Waals surface area contributed by atoms with Crippen LogP contribution in [-0.4, -0.2) is 64.1 Å². The number of nitrogens with one attached hydrogen (secondary N) is 1. The van der Waals surface area contributed by atoms with Crippen molar-refractivity contribution < 1.29 is 28.7 Å². The minimum Gasteiger partial charge on any atom is -0.443 e. The van der Waals surface area contributed by atoms with E-state index in [1.54, 1.807) is 41.5 Å². The van der Waals surface area contributed by atoms with Crippen molar-refractivity contribution in [3.8, 4) is 0 Å². The minimum atomic E-state index is -1.87. The van der Waals surface area contributed by atoms with E-state index in [1.165, 1.54) is 18.9 Å². The van der Waals surface area contributed by atoms with Gasteiger partial charge in [-0.3, -0.25) is 9.59 Å². The molecule has 1 saturated heterocycles. The Labute approximate surface area is 153 Å². The van der Waals surface area contributed by atoms with E-state index in [0.717, 1.165) is 0 Å².